The Balaban J connectivity index is 0.985. The number of fused-ring (bicyclic) bond motifs is 4. The van der Waals surface area contributed by atoms with Crippen molar-refractivity contribution in [3.63, 3.8) is 0 Å². The first-order valence-electron chi connectivity index (χ1n) is 25.2. The van der Waals surface area contributed by atoms with Crippen molar-refractivity contribution in [1.29, 1.82) is 0 Å². The lowest BCUT2D eigenvalue weighted by Gasteiger charge is -2.31. The molecule has 0 fully saturated rings. The number of benzene rings is 3. The van der Waals surface area contributed by atoms with Crippen molar-refractivity contribution < 1.29 is 76.9 Å². The van der Waals surface area contributed by atoms with E-state index >= 15 is 0 Å². The van der Waals surface area contributed by atoms with Gasteiger partial charge in [-0.1, -0.05) is 50.3 Å². The predicted molar refractivity (Wildman–Crippen MR) is 282 cm³/mol. The van der Waals surface area contributed by atoms with Crippen molar-refractivity contribution >= 4 is 59.0 Å². The number of unbranched alkanes of at least 4 members (excludes halogenated alkanes) is 2. The molecule has 0 bridgehead atoms. The molecule has 23 heteroatoms. The van der Waals surface area contributed by atoms with E-state index in [1.807, 2.05) is 13.8 Å². The number of ether oxygens (including phenoxy) is 7. The Labute approximate surface area is 450 Å². The van der Waals surface area contributed by atoms with Gasteiger partial charge >= 0.3 is 18.3 Å². The topological polar surface area (TPSA) is 274 Å². The van der Waals surface area contributed by atoms with Crippen molar-refractivity contribution in [2.45, 2.75) is 110 Å². The first-order valence-corrected chi connectivity index (χ1v) is 25.2. The van der Waals surface area contributed by atoms with Crippen LogP contribution in [0.2, 0.25) is 0 Å². The number of alkyl carbamates (subject to hydrolysis) is 1. The highest BCUT2D eigenvalue weighted by Gasteiger charge is 2.47. The van der Waals surface area contributed by atoms with Crippen molar-refractivity contribution in [2.24, 2.45) is 5.92 Å². The highest BCUT2D eigenvalue weighted by Crippen LogP contribution is 2.44. The molecule has 4 aliphatic rings. The van der Waals surface area contributed by atoms with E-state index in [0.29, 0.717) is 36.9 Å². The lowest BCUT2D eigenvalue weighted by atomic mass is 10.0. The highest BCUT2D eigenvalue weighted by molar-refractivity contribution is 6.08. The summed E-state index contributed by atoms with van der Waals surface area (Å²) in [7, 11) is 2.83. The summed E-state index contributed by atoms with van der Waals surface area (Å²) in [4.78, 5) is 98.0. The molecule has 7 amide bonds. The molecule has 0 spiro atoms. The van der Waals surface area contributed by atoms with E-state index in [-0.39, 0.29) is 77.7 Å². The van der Waals surface area contributed by atoms with Gasteiger partial charge < -0.3 is 69.1 Å². The number of rotatable bonds is 20. The van der Waals surface area contributed by atoms with Crippen molar-refractivity contribution in [2.75, 3.05) is 42.5 Å². The number of hydrogen-bond donors (Lipinski definition) is 5. The minimum Gasteiger partial charge on any atom is -0.493 e. The molecule has 0 saturated carbocycles. The monoisotopic (exact) mass is 1080 g/mol. The fourth-order valence-corrected chi connectivity index (χ4v) is 9.41. The molecule has 416 valence electrons. The number of aliphatic hydroxyl groups excluding tert-OH is 2. The van der Waals surface area contributed by atoms with Crippen LogP contribution in [0.5, 0.6) is 23.0 Å². The second kappa shape index (κ2) is 25.1. The van der Waals surface area contributed by atoms with Gasteiger partial charge in [-0.05, 0) is 88.6 Å². The summed E-state index contributed by atoms with van der Waals surface area (Å²) in [5.41, 5.74) is 2.80. The van der Waals surface area contributed by atoms with E-state index in [9.17, 15) is 43.8 Å². The second-order valence-electron chi connectivity index (χ2n) is 19.2. The van der Waals surface area contributed by atoms with Crippen LogP contribution < -0.4 is 44.7 Å². The van der Waals surface area contributed by atoms with Crippen LogP contribution in [-0.4, -0.2) is 126 Å². The first kappa shape index (κ1) is 57.1. The number of aliphatic hydroxyl groups is 2. The summed E-state index contributed by atoms with van der Waals surface area (Å²) in [6.07, 6.45) is 1.64. The Hall–Kier alpha value is -8.57. The molecule has 3 aromatic rings. The fourth-order valence-electron chi connectivity index (χ4n) is 9.41. The first-order chi connectivity index (χ1) is 37.3. The molecule has 0 unspecified atom stereocenters. The van der Waals surface area contributed by atoms with Gasteiger partial charge in [0.2, 0.25) is 11.8 Å². The van der Waals surface area contributed by atoms with E-state index in [2.05, 4.69) is 33.8 Å². The summed E-state index contributed by atoms with van der Waals surface area (Å²) >= 11 is 0. The van der Waals surface area contributed by atoms with Crippen LogP contribution in [0.3, 0.4) is 0 Å². The zero-order valence-corrected chi connectivity index (χ0v) is 44.4. The third kappa shape index (κ3) is 12.5. The predicted octanol–water partition coefficient (Wildman–Crippen LogP) is 6.80. The van der Waals surface area contributed by atoms with Crippen molar-refractivity contribution in [1.82, 2.24) is 20.4 Å². The molecule has 3 aromatic carbocycles. The van der Waals surface area contributed by atoms with Crippen LogP contribution in [-0.2, 0) is 30.4 Å². The summed E-state index contributed by atoms with van der Waals surface area (Å²) in [5, 5.41) is 31.1. The fraction of sp³-hybridized carbons (Fsp3) is 0.400. The molecule has 0 radical (unpaired) electrons. The van der Waals surface area contributed by atoms with Gasteiger partial charge in [-0.2, -0.15) is 0 Å². The molecule has 4 aliphatic heterocycles. The number of nitrogens with one attached hydrogen (secondary N) is 3. The molecule has 6 atom stereocenters. The molecule has 7 rings (SSSR count). The Bertz CT molecular complexity index is 2890. The maximum atomic E-state index is 14.2. The zero-order chi connectivity index (χ0) is 56.5. The maximum Gasteiger partial charge on any atom is 0.421 e. The minimum atomic E-state index is -1.54. The van der Waals surface area contributed by atoms with Crippen LogP contribution in [0.1, 0.15) is 93.0 Å². The average Bonchev–Trinajstić information content (AvgIpc) is 4.19. The zero-order valence-electron chi connectivity index (χ0n) is 44.4. The van der Waals surface area contributed by atoms with Gasteiger partial charge in [0.05, 0.1) is 74.5 Å². The number of methoxy groups -OCH3 is 2. The summed E-state index contributed by atoms with van der Waals surface area (Å²) in [6.45, 7) is 15.4. The third-order valence-corrected chi connectivity index (χ3v) is 13.4. The lowest BCUT2D eigenvalue weighted by Crippen LogP contribution is -2.53. The van der Waals surface area contributed by atoms with Crippen LogP contribution in [0.4, 0.5) is 31.4 Å². The molecule has 23 nitrogen and oxygen atoms in total. The van der Waals surface area contributed by atoms with E-state index in [0.717, 1.165) is 33.5 Å². The number of carbonyl (C=O) groups is 7. The number of nitrogens with zero attached hydrogens (tertiary/aromatic N) is 4. The highest BCUT2D eigenvalue weighted by atomic mass is 16.6. The maximum absolute atomic E-state index is 14.2. The van der Waals surface area contributed by atoms with Crippen molar-refractivity contribution in [3.05, 3.63) is 114 Å². The van der Waals surface area contributed by atoms with E-state index in [1.54, 1.807) is 50.5 Å². The smallest absolute Gasteiger partial charge is 0.421 e. The lowest BCUT2D eigenvalue weighted by molar-refractivity contribution is -0.128. The van der Waals surface area contributed by atoms with E-state index in [1.165, 1.54) is 55.2 Å². The van der Waals surface area contributed by atoms with Gasteiger partial charge in [0.1, 0.15) is 18.7 Å². The number of anilines is 3. The van der Waals surface area contributed by atoms with Crippen LogP contribution in [0, 0.1) is 5.92 Å². The molecule has 5 N–H and O–H groups in total. The minimum absolute atomic E-state index is 0.0285. The normalized spacial score (nSPS) is 19.0. The summed E-state index contributed by atoms with van der Waals surface area (Å²) < 4.78 is 39.1. The Morgan fingerprint density at radius 3 is 1.65 bits per heavy atom. The van der Waals surface area contributed by atoms with Crippen LogP contribution in [0.25, 0.3) is 0 Å². The third-order valence-electron chi connectivity index (χ3n) is 13.4. The second-order valence-corrected chi connectivity index (χ2v) is 19.2. The van der Waals surface area contributed by atoms with Gasteiger partial charge in [0.25, 0.3) is 11.8 Å². The van der Waals surface area contributed by atoms with Gasteiger partial charge in [-0.25, -0.2) is 24.2 Å². The number of amides is 7. The molecule has 0 aliphatic carbocycles. The Morgan fingerprint density at radius 2 is 1.18 bits per heavy atom. The Kier molecular flexibility index (Phi) is 18.4. The van der Waals surface area contributed by atoms with Crippen LogP contribution >= 0.6 is 0 Å². The standard InChI is InChI=1S/C55H65N7O16/c1-10-74-53(69)58-46(30(3)4)48(64)56-33(7)47(63)57-35-17-15-34(16-18-35)29-78-55(71)62-39-26-45(43(73-9)24-37(39)50(66)60-28-32(6)22-41(60)52(62)68)77-20-14-12-13-19-76-44-25-38-36(23-42(44)72-8)49(65)59-27-31(5)21-40(59)51(67)61(38)54(70)75-11-2/h10-11,15-18,23-28,30,33,40-41,46,51-52,67-68H,1-2,12-14,19-22,29H2,3-9H3,(H,56,64)(H,57,63)(H,58,69)/t33-,40-,41-,46-,51-,52-/m0/s1. The summed E-state index contributed by atoms with van der Waals surface area (Å²) in [6, 6.07) is 8.64. The molecule has 0 saturated heterocycles. The average molecular weight is 1080 g/mol. The largest absolute Gasteiger partial charge is 0.493 e. The van der Waals surface area contributed by atoms with Crippen molar-refractivity contribution in [3.8, 4) is 23.0 Å². The number of carbonyl (C=O) groups excluding carboxylic acids is 7. The quantitative estimate of drug-likeness (QED) is 0.0442. The van der Waals surface area contributed by atoms with Crippen LogP contribution in [0.15, 0.2) is 97.8 Å². The number of hydrogen-bond acceptors (Lipinski definition) is 16. The van der Waals surface area contributed by atoms with Gasteiger partial charge in [0, 0.05) is 30.2 Å². The van der Waals surface area contributed by atoms with E-state index in [4.69, 9.17) is 28.4 Å². The van der Waals surface area contributed by atoms with Gasteiger partial charge in [0.15, 0.2) is 35.5 Å². The molecular weight excluding hydrogens is 1010 g/mol. The van der Waals surface area contributed by atoms with E-state index < -0.39 is 78.5 Å². The summed E-state index contributed by atoms with van der Waals surface area (Å²) in [5.74, 6) is -1.55. The molecular formula is C55H65N7O16. The molecule has 4 heterocycles. The SMILES string of the molecule is C=COC(=O)N[C@H](C(=O)N[C@@H](C)C(=O)Nc1ccc(COC(=O)N2c3cc(OCCCCCOc4cc5c(cc4OC)C(=O)N4C=C(C)C[C@H]4[C@H](O)N5C(=O)OC=C)c(OC)cc3C(=O)N3C=C(C)C[C@H]3[C@@H]2O)cc1)C(C)C. The molecule has 0 aromatic heterocycles. The van der Waals surface area contributed by atoms with Gasteiger partial charge in [-0.3, -0.25) is 19.2 Å². The Morgan fingerprint density at radius 1 is 0.679 bits per heavy atom. The molecule has 78 heavy (non-hydrogen) atoms. The van der Waals surface area contributed by atoms with Gasteiger partial charge in [-0.15, -0.1) is 0 Å².